The lowest BCUT2D eigenvalue weighted by Crippen LogP contribution is -2.60. The van der Waals surface area contributed by atoms with Crippen molar-refractivity contribution in [1.82, 2.24) is 4.90 Å². The zero-order valence-corrected chi connectivity index (χ0v) is 37.9. The Morgan fingerprint density at radius 2 is 1.65 bits per heavy atom. The highest BCUT2D eigenvalue weighted by atomic mass is 16.6. The lowest BCUT2D eigenvalue weighted by Gasteiger charge is -2.42. The van der Waals surface area contributed by atoms with E-state index in [0.717, 1.165) is 36.2 Å². The van der Waals surface area contributed by atoms with Crippen molar-refractivity contribution < 1.29 is 48.8 Å². The van der Waals surface area contributed by atoms with Crippen LogP contribution < -0.4 is 0 Å². The molecule has 0 aromatic heterocycles. The van der Waals surface area contributed by atoms with E-state index in [0.29, 0.717) is 74.9 Å². The number of hydrogen-bond donors (Lipinski definition) is 3. The molecule has 3 aliphatic rings. The summed E-state index contributed by atoms with van der Waals surface area (Å²) in [6.45, 7) is 13.7. The van der Waals surface area contributed by atoms with Crippen LogP contribution in [0.3, 0.4) is 0 Å². The molecule has 60 heavy (non-hydrogen) atoms. The summed E-state index contributed by atoms with van der Waals surface area (Å²) in [5.41, 5.74) is 1.73. The Morgan fingerprint density at radius 3 is 2.35 bits per heavy atom. The molecule has 0 radical (unpaired) electrons. The number of rotatable bonds is 23. The smallest absolute Gasteiger partial charge is 0.326 e. The summed E-state index contributed by atoms with van der Waals surface area (Å²) in [5, 5.41) is 31.7. The number of aliphatic hydroxyl groups is 2. The van der Waals surface area contributed by atoms with Gasteiger partial charge in [-0.3, -0.25) is 19.2 Å². The van der Waals surface area contributed by atoms with Crippen molar-refractivity contribution in [2.45, 2.75) is 181 Å². The van der Waals surface area contributed by atoms with Crippen molar-refractivity contribution >= 4 is 29.2 Å². The average molecular weight is 840 g/mol. The summed E-state index contributed by atoms with van der Waals surface area (Å²) in [5.74, 6) is -5.24. The molecule has 11 atom stereocenters. The maximum atomic E-state index is 13.3. The quantitative estimate of drug-likeness (QED) is 0.0516. The molecule has 3 rings (SSSR count). The van der Waals surface area contributed by atoms with Crippen LogP contribution in [-0.2, 0) is 33.4 Å². The molecule has 1 aliphatic carbocycles. The number of aliphatic hydroxyl groups excluding tert-OH is 1. The maximum absolute atomic E-state index is 13.3. The summed E-state index contributed by atoms with van der Waals surface area (Å²) in [6.07, 6.45) is 22.4. The van der Waals surface area contributed by atoms with Gasteiger partial charge in [-0.05, 0) is 114 Å². The van der Waals surface area contributed by atoms with Gasteiger partial charge in [0, 0.05) is 44.2 Å². The first-order chi connectivity index (χ1) is 28.4. The van der Waals surface area contributed by atoms with E-state index in [1.807, 2.05) is 57.2 Å². The van der Waals surface area contributed by atoms with Crippen LogP contribution in [0, 0.1) is 35.5 Å². The van der Waals surface area contributed by atoms with Crippen molar-refractivity contribution in [2.24, 2.45) is 35.5 Å². The molecule has 2 heterocycles. The number of ether oxygens (including phenoxy) is 2. The summed E-state index contributed by atoms with van der Waals surface area (Å²) < 4.78 is 11.5. The van der Waals surface area contributed by atoms with E-state index >= 15 is 0 Å². The van der Waals surface area contributed by atoms with E-state index in [4.69, 9.17) is 9.47 Å². The second kappa shape index (κ2) is 25.0. The van der Waals surface area contributed by atoms with Gasteiger partial charge in [-0.15, -0.1) is 0 Å². The highest BCUT2D eigenvalue weighted by Crippen LogP contribution is 2.36. The van der Waals surface area contributed by atoms with Gasteiger partial charge >= 0.3 is 5.97 Å². The molecule has 0 aromatic rings. The molecule has 2 saturated heterocycles. The van der Waals surface area contributed by atoms with Gasteiger partial charge in [0.2, 0.25) is 5.79 Å². The highest BCUT2D eigenvalue weighted by molar-refractivity contribution is 6.39. The minimum absolute atomic E-state index is 0.00420. The van der Waals surface area contributed by atoms with E-state index in [2.05, 4.69) is 13.8 Å². The average Bonchev–Trinajstić information content (AvgIpc) is 3.22. The molecule has 0 unspecified atom stereocenters. The largest absolute Gasteiger partial charge is 0.480 e. The van der Waals surface area contributed by atoms with Crippen LogP contribution >= 0.6 is 0 Å². The number of carboxylic acid groups (broad SMARTS) is 1. The Balaban J connectivity index is 1.38. The first-order valence-electron chi connectivity index (χ1n) is 22.8. The van der Waals surface area contributed by atoms with Crippen LogP contribution in [0.1, 0.15) is 151 Å². The van der Waals surface area contributed by atoms with Gasteiger partial charge in [0.15, 0.2) is 0 Å². The van der Waals surface area contributed by atoms with Crippen molar-refractivity contribution in [3.63, 3.8) is 0 Å². The van der Waals surface area contributed by atoms with Gasteiger partial charge in [0.25, 0.3) is 11.7 Å². The molecule has 1 amide bonds. The Morgan fingerprint density at radius 1 is 0.917 bits per heavy atom. The number of allylic oxidation sites excluding steroid dienone is 7. The maximum Gasteiger partial charge on any atom is 0.326 e. The second-order valence-corrected chi connectivity index (χ2v) is 18.6. The minimum atomic E-state index is -2.29. The van der Waals surface area contributed by atoms with Gasteiger partial charge in [0.1, 0.15) is 17.6 Å². The van der Waals surface area contributed by atoms with Crippen molar-refractivity contribution in [3.8, 4) is 0 Å². The number of carbonyl (C=O) groups is 5. The highest BCUT2D eigenvalue weighted by Gasteiger charge is 2.52. The van der Waals surface area contributed by atoms with Crippen molar-refractivity contribution in [3.05, 3.63) is 47.6 Å². The number of likely N-dealkylation sites (tertiary alicyclic amines) is 1. The molecule has 1 saturated carbocycles. The standard InChI is InChI=1S/C49H77NO10/c1-32(20-23-40-24-22-38(7)49(58,60-40)46(54)47(55)50-26-13-12-19-42(50)48(56)57)15-10-9-11-16-33(2)27-35(4)44(52)31-45(53)37(6)29-36(5)43(51)25-21-34(3)28-39-17-14-18-41(30-39)59-8/h9-11,15-16,29,33-36,38-42,45,53,58H,12-14,17-28,30-31H2,1-8H3,(H,56,57)/b10-9+,16-11+,32-15+,37-29+/t33-,34+,35-,36-,38-,39+,40-,41+,42+,45+,49-/m1/s1. The van der Waals surface area contributed by atoms with Crippen LogP contribution in [0.25, 0.3) is 0 Å². The first kappa shape index (κ1) is 51.1. The zero-order chi connectivity index (χ0) is 44.6. The van der Waals surface area contributed by atoms with Crippen LogP contribution in [0.4, 0.5) is 0 Å². The SMILES string of the molecule is CO[C@H]1CCC[C@@H](C[C@@H](C)CCC(=O)[C@H](C)/C=C(\C)[C@@H](O)CC(=O)[C@H](C)C[C@H](C)/C=C/C=C/C=C(\C)CC[C@@H]2CC[C@@H](C)[C@](O)(C(=O)C(=O)N3CCCC[C@H]3C(=O)O)O2)C1. The molecule has 11 heteroatoms. The number of ketones is 3. The number of methoxy groups -OCH3 is 1. The Kier molecular flexibility index (Phi) is 21.3. The summed E-state index contributed by atoms with van der Waals surface area (Å²) >= 11 is 0. The number of carbonyl (C=O) groups excluding carboxylic acids is 4. The van der Waals surface area contributed by atoms with Crippen LogP contribution in [0.5, 0.6) is 0 Å². The van der Waals surface area contributed by atoms with Crippen molar-refractivity contribution in [2.75, 3.05) is 13.7 Å². The van der Waals surface area contributed by atoms with E-state index in [1.165, 1.54) is 12.8 Å². The fraction of sp³-hybridized carbons (Fsp3) is 0.735. The lowest BCUT2D eigenvalue weighted by molar-refractivity contribution is -0.263. The van der Waals surface area contributed by atoms with Gasteiger partial charge < -0.3 is 29.7 Å². The molecule has 2 aliphatic heterocycles. The molecule has 3 N–H and O–H groups in total. The van der Waals surface area contributed by atoms with Crippen molar-refractivity contribution in [1.29, 1.82) is 0 Å². The molecule has 3 fully saturated rings. The minimum Gasteiger partial charge on any atom is -0.480 e. The fourth-order valence-electron chi connectivity index (χ4n) is 9.16. The fourth-order valence-corrected chi connectivity index (χ4v) is 9.16. The van der Waals surface area contributed by atoms with E-state index in [-0.39, 0.29) is 48.7 Å². The number of hydrogen-bond acceptors (Lipinski definition) is 9. The zero-order valence-electron chi connectivity index (χ0n) is 37.9. The number of amides is 1. The molecular formula is C49H77NO10. The third-order valence-electron chi connectivity index (χ3n) is 13.3. The lowest BCUT2D eigenvalue weighted by atomic mass is 9.80. The van der Waals surface area contributed by atoms with Crippen LogP contribution in [-0.4, -0.2) is 93.2 Å². The number of piperidine rings is 1. The topological polar surface area (TPSA) is 168 Å². The van der Waals surface area contributed by atoms with E-state index in [1.54, 1.807) is 21.0 Å². The molecule has 0 spiro atoms. The van der Waals surface area contributed by atoms with Gasteiger partial charge in [-0.2, -0.15) is 0 Å². The number of nitrogens with zero attached hydrogens (tertiary/aromatic N) is 1. The monoisotopic (exact) mass is 840 g/mol. The van der Waals surface area contributed by atoms with Crippen LogP contribution in [0.2, 0.25) is 0 Å². The molecule has 338 valence electrons. The van der Waals surface area contributed by atoms with Gasteiger partial charge in [-0.25, -0.2) is 4.79 Å². The Hall–Kier alpha value is -3.25. The van der Waals surface area contributed by atoms with E-state index in [9.17, 15) is 39.3 Å². The normalized spacial score (nSPS) is 28.3. The molecule has 0 bridgehead atoms. The Bertz CT molecular complexity index is 1560. The summed E-state index contributed by atoms with van der Waals surface area (Å²) in [7, 11) is 1.80. The molecular weight excluding hydrogens is 763 g/mol. The summed E-state index contributed by atoms with van der Waals surface area (Å²) in [4.78, 5) is 65.2. The van der Waals surface area contributed by atoms with E-state index < -0.39 is 47.6 Å². The first-order valence-corrected chi connectivity index (χ1v) is 22.8. The van der Waals surface area contributed by atoms with Gasteiger partial charge in [-0.1, -0.05) is 89.5 Å². The predicted octanol–water partition coefficient (Wildman–Crippen LogP) is 8.51. The second-order valence-electron chi connectivity index (χ2n) is 18.6. The Labute approximate surface area is 360 Å². The molecule has 11 nitrogen and oxygen atoms in total. The predicted molar refractivity (Wildman–Crippen MR) is 234 cm³/mol. The number of carboxylic acids is 1. The third kappa shape index (κ3) is 15.9. The summed E-state index contributed by atoms with van der Waals surface area (Å²) in [6, 6.07) is -1.08. The van der Waals surface area contributed by atoms with Crippen LogP contribution in [0.15, 0.2) is 47.6 Å². The molecule has 0 aromatic carbocycles. The number of aliphatic carboxylic acids is 1. The number of Topliss-reactive ketones (excluding diaryl/α,β-unsaturated/α-hetero) is 3. The third-order valence-corrected chi connectivity index (χ3v) is 13.3. The van der Waals surface area contributed by atoms with Gasteiger partial charge in [0.05, 0.1) is 18.3 Å².